The van der Waals surface area contributed by atoms with Crippen molar-refractivity contribution in [2.45, 2.75) is 26.7 Å². The number of aromatic nitrogens is 2. The number of nitriles is 1. The molecule has 0 atom stereocenters. The molecule has 100 valence electrons. The van der Waals surface area contributed by atoms with Gasteiger partial charge in [-0.25, -0.2) is 9.97 Å². The zero-order valence-corrected chi connectivity index (χ0v) is 11.1. The fourth-order valence-corrected chi connectivity index (χ4v) is 2.11. The van der Waals surface area contributed by atoms with Gasteiger partial charge >= 0.3 is 0 Å². The van der Waals surface area contributed by atoms with Gasteiger partial charge in [-0.1, -0.05) is 0 Å². The van der Waals surface area contributed by atoms with Crippen LogP contribution in [-0.4, -0.2) is 29.1 Å². The fraction of sp³-hybridized carbons (Fsp3) is 0.538. The predicted octanol–water partition coefficient (Wildman–Crippen LogP) is 1.35. The molecule has 1 aliphatic rings. The fourth-order valence-electron chi connectivity index (χ4n) is 2.11. The van der Waals surface area contributed by atoms with E-state index in [0.717, 1.165) is 11.4 Å². The monoisotopic (exact) mass is 260 g/mol. The first-order valence-electron chi connectivity index (χ1n) is 6.18. The van der Waals surface area contributed by atoms with Crippen LogP contribution in [-0.2, 0) is 9.53 Å². The van der Waals surface area contributed by atoms with Crippen LogP contribution >= 0.6 is 0 Å². The van der Waals surface area contributed by atoms with E-state index in [2.05, 4.69) is 21.4 Å². The number of rotatable bonds is 2. The molecule has 0 saturated carbocycles. The molecule has 1 aromatic rings. The molecular weight excluding hydrogens is 244 g/mol. The van der Waals surface area contributed by atoms with E-state index < -0.39 is 5.41 Å². The molecule has 6 nitrogen and oxygen atoms in total. The Kier molecular flexibility index (Phi) is 3.76. The van der Waals surface area contributed by atoms with Crippen molar-refractivity contribution in [3.63, 3.8) is 0 Å². The van der Waals surface area contributed by atoms with Crippen molar-refractivity contribution >= 4 is 11.9 Å². The third-order valence-electron chi connectivity index (χ3n) is 3.20. The van der Waals surface area contributed by atoms with Crippen LogP contribution in [0.1, 0.15) is 24.2 Å². The van der Waals surface area contributed by atoms with Gasteiger partial charge in [0, 0.05) is 24.6 Å². The smallest absolute Gasteiger partial charge is 0.247 e. The van der Waals surface area contributed by atoms with Gasteiger partial charge < -0.3 is 4.74 Å². The molecule has 0 aromatic carbocycles. The molecule has 0 aliphatic carbocycles. The molecule has 0 bridgehead atoms. The van der Waals surface area contributed by atoms with E-state index in [1.807, 2.05) is 19.9 Å². The molecule has 1 fully saturated rings. The minimum Gasteiger partial charge on any atom is -0.381 e. The van der Waals surface area contributed by atoms with Crippen LogP contribution in [0.2, 0.25) is 0 Å². The van der Waals surface area contributed by atoms with Crippen LogP contribution in [0, 0.1) is 30.6 Å². The first kappa shape index (κ1) is 13.4. The lowest BCUT2D eigenvalue weighted by molar-refractivity contribution is -0.126. The number of nitrogens with one attached hydrogen (secondary N) is 1. The molecule has 6 heteroatoms. The Balaban J connectivity index is 2.18. The van der Waals surface area contributed by atoms with E-state index in [1.54, 1.807) is 0 Å². The number of aryl methyl sites for hydroxylation is 2. The van der Waals surface area contributed by atoms with Crippen molar-refractivity contribution in [2.24, 2.45) is 5.41 Å². The lowest BCUT2D eigenvalue weighted by atomic mass is 9.81. The lowest BCUT2D eigenvalue weighted by Crippen LogP contribution is -2.40. The van der Waals surface area contributed by atoms with Crippen LogP contribution in [0.15, 0.2) is 6.07 Å². The summed E-state index contributed by atoms with van der Waals surface area (Å²) in [4.78, 5) is 20.6. The lowest BCUT2D eigenvalue weighted by Gasteiger charge is -2.28. The minimum atomic E-state index is -1.03. The van der Waals surface area contributed by atoms with Crippen LogP contribution < -0.4 is 5.32 Å². The zero-order valence-electron chi connectivity index (χ0n) is 11.1. The first-order valence-corrected chi connectivity index (χ1v) is 6.18. The second-order valence-corrected chi connectivity index (χ2v) is 4.73. The summed E-state index contributed by atoms with van der Waals surface area (Å²) in [5.41, 5.74) is 0.528. The van der Waals surface area contributed by atoms with Gasteiger partial charge in [-0.05, 0) is 32.8 Å². The van der Waals surface area contributed by atoms with Gasteiger partial charge in [0.1, 0.15) is 5.41 Å². The second kappa shape index (κ2) is 5.33. The number of hydrogen-bond acceptors (Lipinski definition) is 5. The summed E-state index contributed by atoms with van der Waals surface area (Å²) in [7, 11) is 0. The molecule has 2 heterocycles. The minimum absolute atomic E-state index is 0.253. The van der Waals surface area contributed by atoms with Crippen LogP contribution in [0.4, 0.5) is 5.95 Å². The van der Waals surface area contributed by atoms with E-state index >= 15 is 0 Å². The molecular formula is C13H16N4O2. The Bertz CT molecular complexity index is 510. The van der Waals surface area contributed by atoms with Crippen LogP contribution in [0.5, 0.6) is 0 Å². The van der Waals surface area contributed by atoms with Crippen molar-refractivity contribution in [3.05, 3.63) is 17.5 Å². The van der Waals surface area contributed by atoms with Crippen molar-refractivity contribution in [3.8, 4) is 6.07 Å². The van der Waals surface area contributed by atoms with Gasteiger partial charge in [-0.3, -0.25) is 10.1 Å². The maximum absolute atomic E-state index is 12.3. The summed E-state index contributed by atoms with van der Waals surface area (Å²) in [5, 5.41) is 11.9. The van der Waals surface area contributed by atoms with Crippen molar-refractivity contribution in [2.75, 3.05) is 18.5 Å². The molecule has 0 radical (unpaired) electrons. The SMILES string of the molecule is Cc1cc(C)nc(NC(=O)C2(C#N)CCOCC2)n1. The number of carbonyl (C=O) groups is 1. The van der Waals surface area contributed by atoms with Gasteiger partial charge in [-0.2, -0.15) is 5.26 Å². The molecule has 1 aromatic heterocycles. The van der Waals surface area contributed by atoms with E-state index in [1.165, 1.54) is 0 Å². The summed E-state index contributed by atoms with van der Waals surface area (Å²) in [6.45, 7) is 4.51. The Labute approximate surface area is 111 Å². The van der Waals surface area contributed by atoms with E-state index in [9.17, 15) is 10.1 Å². The number of ether oxygens (including phenoxy) is 1. The Morgan fingerprint density at radius 2 is 1.95 bits per heavy atom. The largest absolute Gasteiger partial charge is 0.381 e. The normalized spacial score (nSPS) is 17.5. The highest BCUT2D eigenvalue weighted by atomic mass is 16.5. The highest BCUT2D eigenvalue weighted by molar-refractivity contribution is 5.96. The van der Waals surface area contributed by atoms with Gasteiger partial charge in [0.05, 0.1) is 6.07 Å². The number of amides is 1. The van der Waals surface area contributed by atoms with Gasteiger partial charge in [0.15, 0.2) is 0 Å². The van der Waals surface area contributed by atoms with E-state index in [0.29, 0.717) is 26.1 Å². The Hall–Kier alpha value is -2.00. The molecule has 1 saturated heterocycles. The first-order chi connectivity index (χ1) is 9.05. The number of hydrogen-bond donors (Lipinski definition) is 1. The topological polar surface area (TPSA) is 87.9 Å². The second-order valence-electron chi connectivity index (χ2n) is 4.73. The molecule has 0 unspecified atom stereocenters. The summed E-state index contributed by atoms with van der Waals surface area (Å²) in [6, 6.07) is 3.94. The zero-order chi connectivity index (χ0) is 13.9. The number of carbonyl (C=O) groups excluding carboxylic acids is 1. The third-order valence-corrected chi connectivity index (χ3v) is 3.20. The highest BCUT2D eigenvalue weighted by Crippen LogP contribution is 2.30. The van der Waals surface area contributed by atoms with E-state index in [-0.39, 0.29) is 11.9 Å². The summed E-state index contributed by atoms with van der Waals surface area (Å²) in [5.74, 6) is -0.0908. The van der Waals surface area contributed by atoms with Crippen LogP contribution in [0.25, 0.3) is 0 Å². The number of nitrogens with zero attached hydrogens (tertiary/aromatic N) is 3. The van der Waals surface area contributed by atoms with Crippen molar-refractivity contribution < 1.29 is 9.53 Å². The molecule has 2 rings (SSSR count). The number of anilines is 1. The average Bonchev–Trinajstić information content (AvgIpc) is 2.38. The van der Waals surface area contributed by atoms with Crippen molar-refractivity contribution in [1.29, 1.82) is 5.26 Å². The molecule has 1 N–H and O–H groups in total. The molecule has 19 heavy (non-hydrogen) atoms. The summed E-state index contributed by atoms with van der Waals surface area (Å²) < 4.78 is 5.20. The van der Waals surface area contributed by atoms with Crippen molar-refractivity contribution in [1.82, 2.24) is 9.97 Å². The molecule has 0 spiro atoms. The maximum Gasteiger partial charge on any atom is 0.247 e. The maximum atomic E-state index is 12.3. The predicted molar refractivity (Wildman–Crippen MR) is 68.2 cm³/mol. The molecule has 1 aliphatic heterocycles. The Morgan fingerprint density at radius 3 is 2.47 bits per heavy atom. The van der Waals surface area contributed by atoms with Crippen LogP contribution in [0.3, 0.4) is 0 Å². The summed E-state index contributed by atoms with van der Waals surface area (Å²) in [6.07, 6.45) is 0.806. The Morgan fingerprint density at radius 1 is 1.37 bits per heavy atom. The average molecular weight is 260 g/mol. The third kappa shape index (κ3) is 2.88. The van der Waals surface area contributed by atoms with Gasteiger partial charge in [0.25, 0.3) is 0 Å². The van der Waals surface area contributed by atoms with Gasteiger partial charge in [-0.15, -0.1) is 0 Å². The van der Waals surface area contributed by atoms with Gasteiger partial charge in [0.2, 0.25) is 11.9 Å². The van der Waals surface area contributed by atoms with E-state index in [4.69, 9.17) is 4.74 Å². The quantitative estimate of drug-likeness (QED) is 0.867. The summed E-state index contributed by atoms with van der Waals surface area (Å²) >= 11 is 0. The standard InChI is InChI=1S/C13H16N4O2/c1-9-7-10(2)16-12(15-9)17-11(18)13(8-14)3-5-19-6-4-13/h7H,3-6H2,1-2H3,(H,15,16,17,18). The molecule has 1 amide bonds. The highest BCUT2D eigenvalue weighted by Gasteiger charge is 2.40.